The number of methoxy groups -OCH3 is 1. The number of hydrogen-bond acceptors (Lipinski definition) is 4. The zero-order chi connectivity index (χ0) is 15.0. The second kappa shape index (κ2) is 8.32. The highest BCUT2D eigenvalue weighted by molar-refractivity contribution is 5.98. The Bertz CT molecular complexity index is 443. The number of carbonyl (C=O) groups excluding carboxylic acids is 2. The first kappa shape index (κ1) is 16.2. The SMILES string of the molecule is COc1ccc(C(=O)CCC(=O)NCC(C)CN)cc1. The standard InChI is InChI=1S/C15H22N2O3/c1-11(9-16)10-17-15(19)8-7-14(18)12-3-5-13(20-2)6-4-12/h3-6,11H,7-10,16H2,1-2H3,(H,17,19). The zero-order valence-electron chi connectivity index (χ0n) is 12.0. The van der Waals surface area contributed by atoms with E-state index in [1.54, 1.807) is 31.4 Å². The molecular weight excluding hydrogens is 256 g/mol. The van der Waals surface area contributed by atoms with E-state index in [0.717, 1.165) is 0 Å². The van der Waals surface area contributed by atoms with Crippen LogP contribution in [0, 0.1) is 5.92 Å². The lowest BCUT2D eigenvalue weighted by atomic mass is 10.1. The Morgan fingerprint density at radius 1 is 1.25 bits per heavy atom. The van der Waals surface area contributed by atoms with Crippen molar-refractivity contribution in [2.45, 2.75) is 19.8 Å². The van der Waals surface area contributed by atoms with Crippen LogP contribution in [0.4, 0.5) is 0 Å². The van der Waals surface area contributed by atoms with Gasteiger partial charge in [-0.25, -0.2) is 0 Å². The number of rotatable bonds is 8. The Labute approximate surface area is 119 Å². The summed E-state index contributed by atoms with van der Waals surface area (Å²) in [5, 5.41) is 2.77. The van der Waals surface area contributed by atoms with Crippen molar-refractivity contribution in [1.29, 1.82) is 0 Å². The number of carbonyl (C=O) groups is 2. The summed E-state index contributed by atoms with van der Waals surface area (Å²) in [5.74, 6) is 0.785. The van der Waals surface area contributed by atoms with Gasteiger partial charge in [0.25, 0.3) is 0 Å². The lowest BCUT2D eigenvalue weighted by Crippen LogP contribution is -2.31. The molecule has 5 nitrogen and oxygen atoms in total. The summed E-state index contributed by atoms with van der Waals surface area (Å²) < 4.78 is 5.03. The Balaban J connectivity index is 2.36. The van der Waals surface area contributed by atoms with Gasteiger partial charge in [-0.15, -0.1) is 0 Å². The first-order valence-electron chi connectivity index (χ1n) is 6.70. The molecule has 0 radical (unpaired) electrons. The molecule has 1 unspecified atom stereocenters. The van der Waals surface area contributed by atoms with Gasteiger partial charge in [0.15, 0.2) is 5.78 Å². The molecule has 0 saturated carbocycles. The van der Waals surface area contributed by atoms with E-state index < -0.39 is 0 Å². The van der Waals surface area contributed by atoms with E-state index in [0.29, 0.717) is 24.4 Å². The van der Waals surface area contributed by atoms with Crippen molar-refractivity contribution in [2.24, 2.45) is 11.7 Å². The zero-order valence-corrected chi connectivity index (χ0v) is 12.0. The predicted octanol–water partition coefficient (Wildman–Crippen LogP) is 1.37. The van der Waals surface area contributed by atoms with Crippen LogP contribution in [0.15, 0.2) is 24.3 Å². The molecule has 3 N–H and O–H groups in total. The van der Waals surface area contributed by atoms with Gasteiger partial charge in [0.1, 0.15) is 5.75 Å². The third-order valence-electron chi connectivity index (χ3n) is 3.04. The fourth-order valence-corrected chi connectivity index (χ4v) is 1.61. The van der Waals surface area contributed by atoms with Gasteiger partial charge in [-0.2, -0.15) is 0 Å². The maximum atomic E-state index is 11.9. The summed E-state index contributed by atoms with van der Waals surface area (Å²) in [5.41, 5.74) is 6.06. The fraction of sp³-hybridized carbons (Fsp3) is 0.467. The molecule has 1 rings (SSSR count). The monoisotopic (exact) mass is 278 g/mol. The highest BCUT2D eigenvalue weighted by Crippen LogP contribution is 2.13. The van der Waals surface area contributed by atoms with Crippen LogP contribution in [0.25, 0.3) is 0 Å². The number of amides is 1. The van der Waals surface area contributed by atoms with Crippen molar-refractivity contribution in [2.75, 3.05) is 20.2 Å². The lowest BCUT2D eigenvalue weighted by Gasteiger charge is -2.09. The Hall–Kier alpha value is -1.88. The van der Waals surface area contributed by atoms with Crippen molar-refractivity contribution < 1.29 is 14.3 Å². The smallest absolute Gasteiger partial charge is 0.220 e. The van der Waals surface area contributed by atoms with Crippen molar-refractivity contribution >= 4 is 11.7 Å². The van der Waals surface area contributed by atoms with Gasteiger partial charge >= 0.3 is 0 Å². The van der Waals surface area contributed by atoms with Crippen LogP contribution < -0.4 is 15.8 Å². The molecule has 1 aromatic rings. The third kappa shape index (κ3) is 5.40. The van der Waals surface area contributed by atoms with Crippen molar-refractivity contribution in [1.82, 2.24) is 5.32 Å². The first-order valence-corrected chi connectivity index (χ1v) is 6.70. The van der Waals surface area contributed by atoms with Gasteiger partial charge in [-0.1, -0.05) is 6.92 Å². The number of ketones is 1. The molecule has 0 saturated heterocycles. The van der Waals surface area contributed by atoms with E-state index in [1.807, 2.05) is 6.92 Å². The Morgan fingerprint density at radius 2 is 1.90 bits per heavy atom. The van der Waals surface area contributed by atoms with E-state index in [4.69, 9.17) is 10.5 Å². The van der Waals surface area contributed by atoms with E-state index in [2.05, 4.69) is 5.32 Å². The molecule has 0 aliphatic rings. The normalized spacial score (nSPS) is 11.8. The molecular formula is C15H22N2O3. The topological polar surface area (TPSA) is 81.4 Å². The average Bonchev–Trinajstić information content (AvgIpc) is 2.50. The van der Waals surface area contributed by atoms with E-state index >= 15 is 0 Å². The molecule has 1 amide bonds. The minimum Gasteiger partial charge on any atom is -0.497 e. The van der Waals surface area contributed by atoms with Gasteiger partial charge in [-0.05, 0) is 36.7 Å². The summed E-state index contributed by atoms with van der Waals surface area (Å²) in [6.45, 7) is 3.04. The minimum absolute atomic E-state index is 0.0466. The van der Waals surface area contributed by atoms with Gasteiger partial charge in [0.05, 0.1) is 7.11 Å². The molecule has 0 heterocycles. The van der Waals surface area contributed by atoms with E-state index in [9.17, 15) is 9.59 Å². The second-order valence-corrected chi connectivity index (χ2v) is 4.80. The van der Waals surface area contributed by atoms with Gasteiger partial charge in [0.2, 0.25) is 5.91 Å². The molecule has 0 fully saturated rings. The molecule has 1 aromatic carbocycles. The lowest BCUT2D eigenvalue weighted by molar-refractivity contribution is -0.121. The van der Waals surface area contributed by atoms with Gasteiger partial charge in [0, 0.05) is 24.9 Å². The summed E-state index contributed by atoms with van der Waals surface area (Å²) in [6.07, 6.45) is 0.400. The third-order valence-corrected chi connectivity index (χ3v) is 3.04. The average molecular weight is 278 g/mol. The molecule has 0 aliphatic heterocycles. The number of benzene rings is 1. The molecule has 0 aliphatic carbocycles. The summed E-state index contributed by atoms with van der Waals surface area (Å²) in [7, 11) is 1.57. The van der Waals surface area contributed by atoms with Crippen LogP contribution in [0.2, 0.25) is 0 Å². The molecule has 1 atom stereocenters. The largest absolute Gasteiger partial charge is 0.497 e. The number of nitrogens with one attached hydrogen (secondary N) is 1. The molecule has 5 heteroatoms. The van der Waals surface area contributed by atoms with Crippen LogP contribution in [-0.2, 0) is 4.79 Å². The van der Waals surface area contributed by atoms with Crippen LogP contribution in [0.5, 0.6) is 5.75 Å². The van der Waals surface area contributed by atoms with Crippen molar-refractivity contribution in [3.8, 4) is 5.75 Å². The summed E-state index contributed by atoms with van der Waals surface area (Å²) in [4.78, 5) is 23.5. The van der Waals surface area contributed by atoms with Crippen LogP contribution in [0.1, 0.15) is 30.1 Å². The minimum atomic E-state index is -0.118. The predicted molar refractivity (Wildman–Crippen MR) is 77.8 cm³/mol. The summed E-state index contributed by atoms with van der Waals surface area (Å²) >= 11 is 0. The van der Waals surface area contributed by atoms with Crippen LogP contribution in [0.3, 0.4) is 0 Å². The molecule has 0 aromatic heterocycles. The Morgan fingerprint density at radius 3 is 2.45 bits per heavy atom. The maximum absolute atomic E-state index is 11.9. The highest BCUT2D eigenvalue weighted by atomic mass is 16.5. The fourth-order valence-electron chi connectivity index (χ4n) is 1.61. The second-order valence-electron chi connectivity index (χ2n) is 4.80. The Kier molecular flexibility index (Phi) is 6.73. The first-order chi connectivity index (χ1) is 9.56. The molecule has 0 bridgehead atoms. The molecule has 0 spiro atoms. The van der Waals surface area contributed by atoms with Gasteiger partial charge < -0.3 is 15.8 Å². The van der Waals surface area contributed by atoms with Crippen LogP contribution in [-0.4, -0.2) is 31.9 Å². The van der Waals surface area contributed by atoms with Gasteiger partial charge in [-0.3, -0.25) is 9.59 Å². The highest BCUT2D eigenvalue weighted by Gasteiger charge is 2.10. The number of hydrogen-bond donors (Lipinski definition) is 2. The van der Waals surface area contributed by atoms with Crippen molar-refractivity contribution in [3.05, 3.63) is 29.8 Å². The maximum Gasteiger partial charge on any atom is 0.220 e. The van der Waals surface area contributed by atoms with Crippen molar-refractivity contribution in [3.63, 3.8) is 0 Å². The molecule has 20 heavy (non-hydrogen) atoms. The molecule has 110 valence electrons. The number of nitrogens with two attached hydrogens (primary N) is 1. The van der Waals surface area contributed by atoms with E-state index in [1.165, 1.54) is 0 Å². The number of ether oxygens (including phenoxy) is 1. The van der Waals surface area contributed by atoms with E-state index in [-0.39, 0.29) is 30.4 Å². The van der Waals surface area contributed by atoms with Crippen LogP contribution >= 0.6 is 0 Å². The quantitative estimate of drug-likeness (QED) is 0.704. The number of Topliss-reactive ketones (excluding diaryl/α,β-unsaturated/α-hetero) is 1. The summed E-state index contributed by atoms with van der Waals surface area (Å²) in [6, 6.07) is 6.87.